The SMILES string of the molecule is CC(C)(C)n1c(CN)nnc1-c1ccc(F)cc1Cl. The molecular weight excluding hydrogens is 267 g/mol. The maximum atomic E-state index is 13.1. The van der Waals surface area contributed by atoms with Crippen molar-refractivity contribution in [2.24, 2.45) is 5.73 Å². The number of hydrogen-bond donors (Lipinski definition) is 1. The molecule has 0 aliphatic rings. The molecule has 0 aliphatic heterocycles. The van der Waals surface area contributed by atoms with Crippen molar-refractivity contribution in [1.82, 2.24) is 14.8 Å². The normalized spacial score (nSPS) is 11.9. The van der Waals surface area contributed by atoms with Gasteiger partial charge in [0.1, 0.15) is 11.6 Å². The lowest BCUT2D eigenvalue weighted by Crippen LogP contribution is -2.26. The van der Waals surface area contributed by atoms with Crippen LogP contribution in [0.5, 0.6) is 0 Å². The molecule has 2 rings (SSSR count). The molecule has 19 heavy (non-hydrogen) atoms. The molecule has 0 radical (unpaired) electrons. The zero-order valence-corrected chi connectivity index (χ0v) is 11.9. The minimum atomic E-state index is -0.380. The number of benzene rings is 1. The van der Waals surface area contributed by atoms with Crippen LogP contribution in [-0.2, 0) is 12.1 Å². The number of hydrogen-bond acceptors (Lipinski definition) is 3. The molecule has 1 heterocycles. The number of halogens is 2. The Labute approximate surface area is 116 Å². The molecule has 0 fully saturated rings. The summed E-state index contributed by atoms with van der Waals surface area (Å²) in [6.07, 6.45) is 0. The molecule has 4 nitrogen and oxygen atoms in total. The monoisotopic (exact) mass is 282 g/mol. The molecule has 0 spiro atoms. The highest BCUT2D eigenvalue weighted by atomic mass is 35.5. The van der Waals surface area contributed by atoms with Crippen LogP contribution in [0.2, 0.25) is 5.02 Å². The van der Waals surface area contributed by atoms with Gasteiger partial charge in [-0.05, 0) is 39.0 Å². The Morgan fingerprint density at radius 3 is 2.53 bits per heavy atom. The van der Waals surface area contributed by atoms with Crippen molar-refractivity contribution >= 4 is 11.6 Å². The van der Waals surface area contributed by atoms with Crippen LogP contribution in [0.3, 0.4) is 0 Å². The van der Waals surface area contributed by atoms with Gasteiger partial charge in [0, 0.05) is 11.1 Å². The molecule has 0 saturated heterocycles. The molecule has 2 N–H and O–H groups in total. The van der Waals surface area contributed by atoms with Gasteiger partial charge in [0.15, 0.2) is 5.82 Å². The van der Waals surface area contributed by atoms with E-state index in [2.05, 4.69) is 10.2 Å². The molecular formula is C13H16ClFN4. The number of nitrogens with two attached hydrogens (primary N) is 1. The Morgan fingerprint density at radius 1 is 1.32 bits per heavy atom. The van der Waals surface area contributed by atoms with Crippen LogP contribution in [0.25, 0.3) is 11.4 Å². The highest BCUT2D eigenvalue weighted by molar-refractivity contribution is 6.33. The summed E-state index contributed by atoms with van der Waals surface area (Å²) in [6.45, 7) is 6.35. The average Bonchev–Trinajstić information content (AvgIpc) is 2.72. The van der Waals surface area contributed by atoms with Crippen LogP contribution < -0.4 is 5.73 Å². The number of rotatable bonds is 2. The van der Waals surface area contributed by atoms with Gasteiger partial charge < -0.3 is 10.3 Å². The smallest absolute Gasteiger partial charge is 0.166 e. The Hall–Kier alpha value is -1.46. The molecule has 0 amide bonds. The molecule has 1 aromatic carbocycles. The van der Waals surface area contributed by atoms with E-state index in [0.29, 0.717) is 22.2 Å². The van der Waals surface area contributed by atoms with Gasteiger partial charge in [-0.15, -0.1) is 10.2 Å². The maximum Gasteiger partial charge on any atom is 0.166 e. The van der Waals surface area contributed by atoms with E-state index in [-0.39, 0.29) is 17.9 Å². The molecule has 0 bridgehead atoms. The first-order chi connectivity index (χ1) is 8.84. The Morgan fingerprint density at radius 2 is 2.00 bits per heavy atom. The van der Waals surface area contributed by atoms with Gasteiger partial charge in [0.25, 0.3) is 0 Å². The summed E-state index contributed by atoms with van der Waals surface area (Å²) in [7, 11) is 0. The van der Waals surface area contributed by atoms with E-state index in [1.54, 1.807) is 6.07 Å². The molecule has 2 aromatic rings. The third-order valence-electron chi connectivity index (χ3n) is 2.76. The van der Waals surface area contributed by atoms with Crippen LogP contribution in [0.15, 0.2) is 18.2 Å². The third-order valence-corrected chi connectivity index (χ3v) is 3.07. The van der Waals surface area contributed by atoms with Crippen LogP contribution in [0.1, 0.15) is 26.6 Å². The van der Waals surface area contributed by atoms with Crippen LogP contribution in [0, 0.1) is 5.82 Å². The van der Waals surface area contributed by atoms with Gasteiger partial charge >= 0.3 is 0 Å². The summed E-state index contributed by atoms with van der Waals surface area (Å²) in [4.78, 5) is 0. The second-order valence-corrected chi connectivity index (χ2v) is 5.68. The lowest BCUT2D eigenvalue weighted by Gasteiger charge is -2.25. The number of aromatic nitrogens is 3. The van der Waals surface area contributed by atoms with E-state index in [4.69, 9.17) is 17.3 Å². The summed E-state index contributed by atoms with van der Waals surface area (Å²) in [6, 6.07) is 4.22. The van der Waals surface area contributed by atoms with E-state index < -0.39 is 0 Å². The van der Waals surface area contributed by atoms with E-state index >= 15 is 0 Å². The van der Waals surface area contributed by atoms with Gasteiger partial charge in [-0.1, -0.05) is 11.6 Å². The van der Waals surface area contributed by atoms with E-state index in [1.807, 2.05) is 25.3 Å². The summed E-state index contributed by atoms with van der Waals surface area (Å²) in [5, 5.41) is 8.52. The van der Waals surface area contributed by atoms with E-state index in [1.165, 1.54) is 12.1 Å². The minimum Gasteiger partial charge on any atom is -0.324 e. The maximum absolute atomic E-state index is 13.1. The van der Waals surface area contributed by atoms with Crippen molar-refractivity contribution in [2.75, 3.05) is 0 Å². The third kappa shape index (κ3) is 2.62. The average molecular weight is 283 g/mol. The first kappa shape index (κ1) is 14.0. The van der Waals surface area contributed by atoms with E-state index in [0.717, 1.165) is 0 Å². The Kier molecular flexibility index (Phi) is 3.60. The van der Waals surface area contributed by atoms with Crippen molar-refractivity contribution in [3.8, 4) is 11.4 Å². The summed E-state index contributed by atoms with van der Waals surface area (Å²) >= 11 is 6.09. The Bertz CT molecular complexity index is 601. The fourth-order valence-corrected chi connectivity index (χ4v) is 2.25. The second-order valence-electron chi connectivity index (χ2n) is 5.27. The van der Waals surface area contributed by atoms with Gasteiger partial charge in [0.2, 0.25) is 0 Å². The van der Waals surface area contributed by atoms with Gasteiger partial charge in [-0.3, -0.25) is 0 Å². The van der Waals surface area contributed by atoms with Crippen molar-refractivity contribution in [1.29, 1.82) is 0 Å². The van der Waals surface area contributed by atoms with Crippen molar-refractivity contribution in [3.63, 3.8) is 0 Å². The zero-order valence-electron chi connectivity index (χ0n) is 11.1. The fourth-order valence-electron chi connectivity index (χ4n) is 2.00. The molecule has 1 aromatic heterocycles. The summed E-state index contributed by atoms with van der Waals surface area (Å²) in [5.74, 6) is 0.885. The quantitative estimate of drug-likeness (QED) is 0.921. The van der Waals surface area contributed by atoms with Gasteiger partial charge in [-0.2, -0.15) is 0 Å². The molecule has 0 aliphatic carbocycles. The molecule has 0 saturated carbocycles. The van der Waals surface area contributed by atoms with Crippen LogP contribution in [-0.4, -0.2) is 14.8 Å². The Balaban J connectivity index is 2.66. The summed E-state index contributed by atoms with van der Waals surface area (Å²) in [5.41, 5.74) is 6.08. The molecule has 0 atom stereocenters. The lowest BCUT2D eigenvalue weighted by molar-refractivity contribution is 0.386. The van der Waals surface area contributed by atoms with E-state index in [9.17, 15) is 4.39 Å². The highest BCUT2D eigenvalue weighted by Crippen LogP contribution is 2.31. The first-order valence-electron chi connectivity index (χ1n) is 5.95. The largest absolute Gasteiger partial charge is 0.324 e. The minimum absolute atomic E-state index is 0.245. The van der Waals surface area contributed by atoms with Crippen molar-refractivity contribution in [2.45, 2.75) is 32.9 Å². The number of nitrogens with zero attached hydrogens (tertiary/aromatic N) is 3. The topological polar surface area (TPSA) is 56.7 Å². The van der Waals surface area contributed by atoms with Crippen molar-refractivity contribution < 1.29 is 4.39 Å². The van der Waals surface area contributed by atoms with Gasteiger partial charge in [0.05, 0.1) is 11.6 Å². The summed E-state index contributed by atoms with van der Waals surface area (Å²) < 4.78 is 15.0. The van der Waals surface area contributed by atoms with Gasteiger partial charge in [-0.25, -0.2) is 4.39 Å². The van der Waals surface area contributed by atoms with Crippen molar-refractivity contribution in [3.05, 3.63) is 34.9 Å². The zero-order chi connectivity index (χ0) is 14.2. The van der Waals surface area contributed by atoms with Crippen LogP contribution >= 0.6 is 11.6 Å². The lowest BCUT2D eigenvalue weighted by atomic mass is 10.1. The highest BCUT2D eigenvalue weighted by Gasteiger charge is 2.24. The predicted molar refractivity (Wildman–Crippen MR) is 73.3 cm³/mol. The first-order valence-corrected chi connectivity index (χ1v) is 6.32. The van der Waals surface area contributed by atoms with Crippen LogP contribution in [0.4, 0.5) is 4.39 Å². The molecule has 6 heteroatoms. The second kappa shape index (κ2) is 4.90. The predicted octanol–water partition coefficient (Wildman–Crippen LogP) is 2.95. The molecule has 0 unspecified atom stereocenters. The fraction of sp³-hybridized carbons (Fsp3) is 0.385. The molecule has 102 valence electrons. The standard InChI is InChI=1S/C13H16ClFN4/c1-13(2,3)19-11(7-16)17-18-12(19)9-5-4-8(15)6-10(9)14/h4-6H,7,16H2,1-3H3.